The SMILES string of the molecule is Cc1c2c(n(C)c1C)-c1ccccc1C21c2ccccc2-c2ccccc21. The van der Waals surface area contributed by atoms with E-state index in [1.54, 1.807) is 0 Å². The van der Waals surface area contributed by atoms with Crippen molar-refractivity contribution in [3.05, 3.63) is 106 Å². The number of benzene rings is 3. The van der Waals surface area contributed by atoms with Gasteiger partial charge in [-0.2, -0.15) is 0 Å². The van der Waals surface area contributed by atoms with E-state index in [-0.39, 0.29) is 5.41 Å². The highest BCUT2D eigenvalue weighted by molar-refractivity contribution is 5.95. The topological polar surface area (TPSA) is 4.93 Å². The molecule has 1 aromatic heterocycles. The highest BCUT2D eigenvalue weighted by Gasteiger charge is 2.53. The Morgan fingerprint density at radius 3 is 1.63 bits per heavy atom. The Labute approximate surface area is 159 Å². The van der Waals surface area contributed by atoms with Crippen LogP contribution in [0.4, 0.5) is 0 Å². The van der Waals surface area contributed by atoms with Crippen LogP contribution in [0, 0.1) is 13.8 Å². The normalized spacial score (nSPS) is 14.8. The molecule has 0 amide bonds. The lowest BCUT2D eigenvalue weighted by Crippen LogP contribution is -2.26. The molecule has 1 heterocycles. The third kappa shape index (κ3) is 1.50. The smallest absolute Gasteiger partial charge is 0.0743 e. The molecule has 0 saturated carbocycles. The number of hydrogen-bond acceptors (Lipinski definition) is 0. The summed E-state index contributed by atoms with van der Waals surface area (Å²) in [5.74, 6) is 0. The number of rotatable bonds is 0. The molecule has 3 aromatic carbocycles. The molecule has 1 heteroatoms. The van der Waals surface area contributed by atoms with Crippen LogP contribution in [0.25, 0.3) is 22.4 Å². The van der Waals surface area contributed by atoms with Crippen LogP contribution in [0.15, 0.2) is 72.8 Å². The monoisotopic (exact) mass is 347 g/mol. The fourth-order valence-corrected chi connectivity index (χ4v) is 5.67. The summed E-state index contributed by atoms with van der Waals surface area (Å²) in [5.41, 5.74) is 13.8. The van der Waals surface area contributed by atoms with E-state index in [4.69, 9.17) is 0 Å². The van der Waals surface area contributed by atoms with E-state index in [0.717, 1.165) is 0 Å². The van der Waals surface area contributed by atoms with Crippen LogP contribution in [-0.2, 0) is 12.5 Å². The minimum absolute atomic E-state index is 0.199. The Kier molecular flexibility index (Phi) is 2.68. The van der Waals surface area contributed by atoms with Crippen LogP contribution in [-0.4, -0.2) is 4.57 Å². The first-order valence-electron chi connectivity index (χ1n) is 9.63. The second-order valence-corrected chi connectivity index (χ2v) is 7.88. The zero-order valence-corrected chi connectivity index (χ0v) is 15.9. The molecule has 2 aliphatic rings. The maximum absolute atomic E-state index is 2.39. The Bertz CT molecular complexity index is 1210. The van der Waals surface area contributed by atoms with E-state index in [1.807, 2.05) is 0 Å². The first-order valence-corrected chi connectivity index (χ1v) is 9.63. The summed E-state index contributed by atoms with van der Waals surface area (Å²) in [5, 5.41) is 0. The van der Waals surface area contributed by atoms with Crippen molar-refractivity contribution in [2.75, 3.05) is 0 Å². The predicted octanol–water partition coefficient (Wildman–Crippen LogP) is 5.99. The third-order valence-corrected chi connectivity index (χ3v) is 6.91. The molecule has 0 unspecified atom stereocenters. The number of nitrogens with zero attached hydrogens (tertiary/aromatic N) is 1. The Morgan fingerprint density at radius 2 is 1.07 bits per heavy atom. The van der Waals surface area contributed by atoms with Gasteiger partial charge in [-0.15, -0.1) is 0 Å². The van der Waals surface area contributed by atoms with Crippen LogP contribution in [0.1, 0.15) is 33.5 Å². The molecule has 0 bridgehead atoms. The lowest BCUT2D eigenvalue weighted by molar-refractivity contribution is 0.788. The van der Waals surface area contributed by atoms with Gasteiger partial charge in [0, 0.05) is 23.9 Å². The van der Waals surface area contributed by atoms with E-state index >= 15 is 0 Å². The molecule has 0 atom stereocenters. The zero-order valence-electron chi connectivity index (χ0n) is 15.9. The fraction of sp³-hybridized carbons (Fsp3) is 0.154. The molecular formula is C26H21N. The summed E-state index contributed by atoms with van der Waals surface area (Å²) in [7, 11) is 2.21. The highest BCUT2D eigenvalue weighted by Crippen LogP contribution is 2.63. The van der Waals surface area contributed by atoms with Crippen molar-refractivity contribution in [3.8, 4) is 22.4 Å². The number of hydrogen-bond donors (Lipinski definition) is 0. The van der Waals surface area contributed by atoms with Gasteiger partial charge in [0.25, 0.3) is 0 Å². The van der Waals surface area contributed by atoms with Crippen LogP contribution in [0.3, 0.4) is 0 Å². The summed E-state index contributed by atoms with van der Waals surface area (Å²) >= 11 is 0. The Balaban J connectivity index is 1.91. The number of aromatic nitrogens is 1. The maximum atomic E-state index is 2.39. The molecule has 0 radical (unpaired) electrons. The van der Waals surface area contributed by atoms with E-state index in [0.29, 0.717) is 0 Å². The first-order chi connectivity index (χ1) is 13.2. The largest absolute Gasteiger partial charge is 0.347 e. The van der Waals surface area contributed by atoms with Gasteiger partial charge in [0.05, 0.1) is 11.1 Å². The lowest BCUT2D eigenvalue weighted by atomic mass is 9.70. The van der Waals surface area contributed by atoms with Gasteiger partial charge in [0.2, 0.25) is 0 Å². The molecule has 4 aromatic rings. The molecule has 6 rings (SSSR count). The molecule has 130 valence electrons. The minimum atomic E-state index is -0.199. The Morgan fingerprint density at radius 1 is 0.630 bits per heavy atom. The maximum Gasteiger partial charge on any atom is 0.0743 e. The highest BCUT2D eigenvalue weighted by atomic mass is 15.0. The van der Waals surface area contributed by atoms with Gasteiger partial charge >= 0.3 is 0 Å². The van der Waals surface area contributed by atoms with Crippen LogP contribution in [0.2, 0.25) is 0 Å². The van der Waals surface area contributed by atoms with E-state index < -0.39 is 0 Å². The molecule has 0 saturated heterocycles. The summed E-state index contributed by atoms with van der Waals surface area (Å²) in [4.78, 5) is 0. The van der Waals surface area contributed by atoms with Crippen molar-refractivity contribution in [1.82, 2.24) is 4.57 Å². The first kappa shape index (κ1) is 15.0. The van der Waals surface area contributed by atoms with Crippen LogP contribution < -0.4 is 0 Å². The average molecular weight is 347 g/mol. The van der Waals surface area contributed by atoms with Crippen molar-refractivity contribution in [3.63, 3.8) is 0 Å². The molecule has 2 aliphatic carbocycles. The third-order valence-electron chi connectivity index (χ3n) is 6.91. The quantitative estimate of drug-likeness (QED) is 0.318. The van der Waals surface area contributed by atoms with Gasteiger partial charge in [-0.05, 0) is 47.2 Å². The van der Waals surface area contributed by atoms with Crippen molar-refractivity contribution in [2.24, 2.45) is 7.05 Å². The van der Waals surface area contributed by atoms with Crippen LogP contribution in [0.5, 0.6) is 0 Å². The summed E-state index contributed by atoms with van der Waals surface area (Å²) < 4.78 is 2.39. The Hall–Kier alpha value is -3.06. The molecule has 0 aliphatic heterocycles. The van der Waals surface area contributed by atoms with Gasteiger partial charge in [-0.3, -0.25) is 0 Å². The predicted molar refractivity (Wildman–Crippen MR) is 111 cm³/mol. The van der Waals surface area contributed by atoms with Gasteiger partial charge < -0.3 is 4.57 Å². The van der Waals surface area contributed by atoms with E-state index in [1.165, 1.54) is 55.9 Å². The molecule has 1 spiro atoms. The molecule has 1 nitrogen and oxygen atoms in total. The lowest BCUT2D eigenvalue weighted by Gasteiger charge is -2.30. The second-order valence-electron chi connectivity index (χ2n) is 7.88. The average Bonchev–Trinajstić information content (AvgIpc) is 3.27. The molecule has 27 heavy (non-hydrogen) atoms. The van der Waals surface area contributed by atoms with Crippen molar-refractivity contribution in [1.29, 1.82) is 0 Å². The fourth-order valence-electron chi connectivity index (χ4n) is 5.67. The summed E-state index contributed by atoms with van der Waals surface area (Å²) in [6.45, 7) is 4.54. The second kappa shape index (κ2) is 4.80. The van der Waals surface area contributed by atoms with Gasteiger partial charge in [-0.1, -0.05) is 72.8 Å². The molecular weight excluding hydrogens is 326 g/mol. The molecule has 0 fully saturated rings. The van der Waals surface area contributed by atoms with E-state index in [9.17, 15) is 0 Å². The zero-order chi connectivity index (χ0) is 18.3. The van der Waals surface area contributed by atoms with Gasteiger partial charge in [-0.25, -0.2) is 0 Å². The minimum Gasteiger partial charge on any atom is -0.347 e. The summed E-state index contributed by atoms with van der Waals surface area (Å²) in [6, 6.07) is 27.0. The van der Waals surface area contributed by atoms with E-state index in [2.05, 4.69) is 98.3 Å². The summed E-state index contributed by atoms with van der Waals surface area (Å²) in [6.07, 6.45) is 0. The van der Waals surface area contributed by atoms with Crippen LogP contribution >= 0.6 is 0 Å². The molecule has 0 N–H and O–H groups in total. The van der Waals surface area contributed by atoms with Crippen molar-refractivity contribution in [2.45, 2.75) is 19.3 Å². The number of fused-ring (bicyclic) bond motifs is 10. The standard InChI is InChI=1S/C26H21N/c1-16-17(2)27(3)25-20-12-6-9-15-23(20)26(24(16)25)21-13-7-4-10-18(21)19-11-5-8-14-22(19)26/h4-15H,1-3H3. The van der Waals surface area contributed by atoms with Crippen molar-refractivity contribution >= 4 is 0 Å². The van der Waals surface area contributed by atoms with Crippen molar-refractivity contribution < 1.29 is 0 Å². The van der Waals surface area contributed by atoms with Gasteiger partial charge in [0.1, 0.15) is 0 Å². The van der Waals surface area contributed by atoms with Gasteiger partial charge in [0.15, 0.2) is 0 Å².